The number of aryl methyl sites for hydroxylation is 1. The van der Waals surface area contributed by atoms with Gasteiger partial charge in [0.25, 0.3) is 0 Å². The minimum absolute atomic E-state index is 0.00789. The van der Waals surface area contributed by atoms with E-state index in [1.165, 1.54) is 19.3 Å². The van der Waals surface area contributed by atoms with Crippen LogP contribution in [-0.2, 0) is 17.8 Å². The van der Waals surface area contributed by atoms with E-state index in [-0.39, 0.29) is 18.5 Å². The highest BCUT2D eigenvalue weighted by atomic mass is 16.2. The zero-order valence-electron chi connectivity index (χ0n) is 17.7. The number of aliphatic imine (C=N–C) groups is 1. The van der Waals surface area contributed by atoms with Crippen LogP contribution >= 0.6 is 0 Å². The van der Waals surface area contributed by atoms with E-state index in [0.717, 1.165) is 49.8 Å². The molecule has 1 aliphatic heterocycles. The Morgan fingerprint density at radius 2 is 1.89 bits per heavy atom. The Hall–Kier alpha value is -2.12. The first kappa shape index (κ1) is 20.6. The number of hydrogen-bond donors (Lipinski definition) is 2. The predicted molar refractivity (Wildman–Crippen MR) is 110 cm³/mol. The number of rotatable bonds is 5. The van der Waals surface area contributed by atoms with Crippen LogP contribution in [0.2, 0.25) is 0 Å². The van der Waals surface area contributed by atoms with E-state index < -0.39 is 0 Å². The van der Waals surface area contributed by atoms with Crippen molar-refractivity contribution in [2.24, 2.45) is 4.99 Å². The second kappa shape index (κ2) is 9.39. The Morgan fingerprint density at radius 1 is 1.18 bits per heavy atom. The van der Waals surface area contributed by atoms with Crippen molar-refractivity contribution >= 4 is 11.9 Å². The first-order valence-electron chi connectivity index (χ1n) is 10.6. The number of carbonyl (C=O) groups is 1. The van der Waals surface area contributed by atoms with Gasteiger partial charge in [0, 0.05) is 38.5 Å². The van der Waals surface area contributed by atoms with E-state index in [9.17, 15) is 4.79 Å². The third-order valence-electron chi connectivity index (χ3n) is 5.55. The first-order chi connectivity index (χ1) is 13.4. The molecule has 1 aliphatic carbocycles. The van der Waals surface area contributed by atoms with Gasteiger partial charge in [0.1, 0.15) is 12.4 Å². The molecule has 156 valence electrons. The summed E-state index contributed by atoms with van der Waals surface area (Å²) in [5.74, 6) is 3.09. The summed E-state index contributed by atoms with van der Waals surface area (Å²) >= 11 is 0. The molecular weight excluding hydrogens is 354 g/mol. The van der Waals surface area contributed by atoms with E-state index >= 15 is 0 Å². The molecule has 1 aromatic rings. The number of amides is 1. The molecule has 0 bridgehead atoms. The van der Waals surface area contributed by atoms with E-state index in [4.69, 9.17) is 0 Å². The van der Waals surface area contributed by atoms with Crippen LogP contribution in [0.15, 0.2) is 4.99 Å². The van der Waals surface area contributed by atoms with Crippen LogP contribution < -0.4 is 10.6 Å². The Morgan fingerprint density at radius 3 is 2.57 bits per heavy atom. The largest absolute Gasteiger partial charge is 0.354 e. The van der Waals surface area contributed by atoms with Crippen molar-refractivity contribution in [1.29, 1.82) is 0 Å². The maximum Gasteiger partial charge on any atom is 0.243 e. The second-order valence-corrected chi connectivity index (χ2v) is 8.54. The van der Waals surface area contributed by atoms with Gasteiger partial charge in [0.2, 0.25) is 5.91 Å². The second-order valence-electron chi connectivity index (χ2n) is 8.54. The molecule has 2 N–H and O–H groups in total. The number of aromatic nitrogens is 3. The number of hydrogen-bond acceptors (Lipinski definition) is 4. The highest BCUT2D eigenvalue weighted by Gasteiger charge is 2.24. The average molecular weight is 390 g/mol. The Bertz CT molecular complexity index is 689. The normalized spacial score (nSPS) is 20.8. The Balaban J connectivity index is 1.65. The smallest absolute Gasteiger partial charge is 0.243 e. The van der Waals surface area contributed by atoms with Gasteiger partial charge in [-0.15, -0.1) is 0 Å². The van der Waals surface area contributed by atoms with Crippen LogP contribution in [-0.4, -0.2) is 64.3 Å². The fraction of sp³-hybridized carbons (Fsp3) is 0.800. The lowest BCUT2D eigenvalue weighted by molar-refractivity contribution is -0.127. The number of guanidine groups is 1. The third kappa shape index (κ3) is 5.45. The van der Waals surface area contributed by atoms with Crippen LogP contribution in [0, 0.1) is 0 Å². The van der Waals surface area contributed by atoms with Gasteiger partial charge in [-0.25, -0.2) is 14.7 Å². The number of nitrogens with zero attached hydrogens (tertiary/aromatic N) is 5. The van der Waals surface area contributed by atoms with Gasteiger partial charge in [-0.1, -0.05) is 33.1 Å². The lowest BCUT2D eigenvalue weighted by atomic mass is 9.96. The molecule has 1 fully saturated rings. The Kier molecular flexibility index (Phi) is 6.91. The van der Waals surface area contributed by atoms with Crippen molar-refractivity contribution in [2.45, 2.75) is 83.3 Å². The molecule has 3 rings (SSSR count). The maximum atomic E-state index is 12.0. The molecule has 1 aromatic heterocycles. The highest BCUT2D eigenvalue weighted by molar-refractivity contribution is 5.85. The quantitative estimate of drug-likeness (QED) is 0.591. The van der Waals surface area contributed by atoms with Gasteiger partial charge in [0.15, 0.2) is 11.8 Å². The molecule has 0 aromatic carbocycles. The lowest BCUT2D eigenvalue weighted by Crippen LogP contribution is -2.50. The maximum absolute atomic E-state index is 12.0. The topological polar surface area (TPSA) is 87.4 Å². The van der Waals surface area contributed by atoms with Crippen molar-refractivity contribution in [1.82, 2.24) is 30.3 Å². The van der Waals surface area contributed by atoms with E-state index in [1.54, 1.807) is 19.0 Å². The molecule has 0 spiro atoms. The van der Waals surface area contributed by atoms with Crippen molar-refractivity contribution in [3.05, 3.63) is 11.6 Å². The van der Waals surface area contributed by atoms with E-state index in [2.05, 4.69) is 39.6 Å². The molecule has 1 amide bonds. The fourth-order valence-electron chi connectivity index (χ4n) is 3.75. The monoisotopic (exact) mass is 389 g/mol. The molecule has 1 unspecified atom stereocenters. The molecule has 0 radical (unpaired) electrons. The molecule has 28 heavy (non-hydrogen) atoms. The van der Waals surface area contributed by atoms with Gasteiger partial charge in [0.05, 0.1) is 6.54 Å². The van der Waals surface area contributed by atoms with Gasteiger partial charge in [-0.3, -0.25) is 4.79 Å². The van der Waals surface area contributed by atoms with Crippen molar-refractivity contribution in [3.63, 3.8) is 0 Å². The summed E-state index contributed by atoms with van der Waals surface area (Å²) in [6.07, 6.45) is 8.05. The molecule has 2 aliphatic rings. The van der Waals surface area contributed by atoms with Crippen molar-refractivity contribution < 1.29 is 4.79 Å². The summed E-state index contributed by atoms with van der Waals surface area (Å²) < 4.78 is 2.03. The summed E-state index contributed by atoms with van der Waals surface area (Å²) in [6, 6.07) is 0.672. The molecular formula is C20H35N7O. The molecule has 1 atom stereocenters. The van der Waals surface area contributed by atoms with Crippen LogP contribution in [0.5, 0.6) is 0 Å². The van der Waals surface area contributed by atoms with Gasteiger partial charge < -0.3 is 15.5 Å². The summed E-state index contributed by atoms with van der Waals surface area (Å²) in [4.78, 5) is 22.8. The van der Waals surface area contributed by atoms with Crippen LogP contribution in [0.25, 0.3) is 0 Å². The summed E-state index contributed by atoms with van der Waals surface area (Å²) in [5, 5.41) is 11.8. The van der Waals surface area contributed by atoms with Crippen molar-refractivity contribution in [2.75, 3.05) is 20.6 Å². The summed E-state index contributed by atoms with van der Waals surface area (Å²) in [6.45, 7) is 5.19. The molecule has 0 saturated heterocycles. The number of fused-ring (bicyclic) bond motifs is 1. The SMILES string of the molecule is CC(C)c1nc2n(n1)CC(NC(=NCC(=O)N(C)C)NC1CCCCC1)CC2. The molecule has 8 nitrogen and oxygen atoms in total. The summed E-state index contributed by atoms with van der Waals surface area (Å²) in [7, 11) is 3.53. The van der Waals surface area contributed by atoms with Gasteiger partial charge in [-0.05, 0) is 19.3 Å². The van der Waals surface area contributed by atoms with Crippen molar-refractivity contribution in [3.8, 4) is 0 Å². The predicted octanol–water partition coefficient (Wildman–Crippen LogP) is 1.67. The van der Waals surface area contributed by atoms with E-state index in [1.807, 2.05) is 4.68 Å². The van der Waals surface area contributed by atoms with Crippen LogP contribution in [0.3, 0.4) is 0 Å². The van der Waals surface area contributed by atoms with Gasteiger partial charge >= 0.3 is 0 Å². The number of carbonyl (C=O) groups excluding carboxylic acids is 1. The van der Waals surface area contributed by atoms with Gasteiger partial charge in [-0.2, -0.15) is 5.10 Å². The molecule has 2 heterocycles. The standard InChI is InChI=1S/C20H35N7O/c1-14(2)19-24-17-11-10-16(13-27(17)25-19)23-20(21-12-18(28)26(3)4)22-15-8-6-5-7-9-15/h14-16H,5-13H2,1-4H3,(H2,21,22,23). The Labute approximate surface area is 168 Å². The third-order valence-corrected chi connectivity index (χ3v) is 5.55. The minimum Gasteiger partial charge on any atom is -0.354 e. The van der Waals surface area contributed by atoms with Crippen LogP contribution in [0.4, 0.5) is 0 Å². The number of nitrogens with one attached hydrogen (secondary N) is 2. The average Bonchev–Trinajstić information content (AvgIpc) is 3.10. The van der Waals surface area contributed by atoms with Crippen LogP contribution in [0.1, 0.15) is 69.9 Å². The highest BCUT2D eigenvalue weighted by Crippen LogP contribution is 2.19. The zero-order valence-corrected chi connectivity index (χ0v) is 17.7. The fourth-order valence-corrected chi connectivity index (χ4v) is 3.75. The molecule has 8 heteroatoms. The number of likely N-dealkylation sites (N-methyl/N-ethyl adjacent to an activating group) is 1. The lowest BCUT2D eigenvalue weighted by Gasteiger charge is -2.29. The molecule has 1 saturated carbocycles. The van der Waals surface area contributed by atoms with E-state index in [0.29, 0.717) is 12.0 Å². The minimum atomic E-state index is 0.00789. The summed E-state index contributed by atoms with van der Waals surface area (Å²) in [5.41, 5.74) is 0. The first-order valence-corrected chi connectivity index (χ1v) is 10.6. The zero-order chi connectivity index (χ0) is 20.1.